The molecular weight excluding hydrogens is 486 g/mol. The molecule has 4 rings (SSSR count). The third kappa shape index (κ3) is 5.61. The molecule has 0 saturated carbocycles. The number of nitrogens with one attached hydrogen (secondary N) is 1. The van der Waals surface area contributed by atoms with Crippen LogP contribution in [0.1, 0.15) is 49.7 Å². The van der Waals surface area contributed by atoms with Gasteiger partial charge in [-0.15, -0.1) is 0 Å². The first-order valence-corrected chi connectivity index (χ1v) is 12.6. The molecule has 0 amide bonds. The van der Waals surface area contributed by atoms with Crippen molar-refractivity contribution in [1.29, 1.82) is 0 Å². The number of benzene rings is 2. The second-order valence-corrected chi connectivity index (χ2v) is 9.08. The van der Waals surface area contributed by atoms with E-state index < -0.39 is 23.0 Å². The molecule has 2 unspecified atom stereocenters. The van der Waals surface area contributed by atoms with E-state index in [0.29, 0.717) is 29.3 Å². The smallest absolute Gasteiger partial charge is 0.338 e. The number of nitro benzene ring substituents is 1. The first-order chi connectivity index (χ1) is 18.4. The van der Waals surface area contributed by atoms with E-state index in [2.05, 4.69) is 29.0 Å². The number of allylic oxidation sites excluding steroid dienone is 1. The number of nitrogens with zero attached hydrogens (tertiary/aromatic N) is 4. The van der Waals surface area contributed by atoms with Crippen LogP contribution in [0.3, 0.4) is 0 Å². The SMILES string of the molecule is CCN(CC)Cc1cnc2n1C(c1cccc([N+](=O)[O-])c1)C(C(=O)OC(COC)c1ccccc1)=C(C)N2. The van der Waals surface area contributed by atoms with Gasteiger partial charge in [0.25, 0.3) is 5.69 Å². The summed E-state index contributed by atoms with van der Waals surface area (Å²) in [5.74, 6) is 0.0276. The molecule has 200 valence electrons. The standard InChI is InChI=1S/C28H33N5O5/c1-5-31(6-2)17-23-16-29-28-30-19(3)25(26(32(23)28)21-13-10-14-22(15-21)33(35)36)27(34)38-24(18-37-4)20-11-8-7-9-12-20/h7-16,24,26H,5-6,17-18H2,1-4H3,(H,29,30). The summed E-state index contributed by atoms with van der Waals surface area (Å²) in [6.45, 7) is 8.42. The topological polar surface area (TPSA) is 112 Å². The molecule has 0 radical (unpaired) electrons. The third-order valence-corrected chi connectivity index (χ3v) is 6.74. The van der Waals surface area contributed by atoms with Gasteiger partial charge in [0, 0.05) is 31.5 Å². The second-order valence-electron chi connectivity index (χ2n) is 9.08. The van der Waals surface area contributed by atoms with Crippen LogP contribution in [-0.4, -0.2) is 52.1 Å². The summed E-state index contributed by atoms with van der Waals surface area (Å²) in [4.78, 5) is 31.9. The van der Waals surface area contributed by atoms with Gasteiger partial charge in [0.1, 0.15) is 0 Å². The van der Waals surface area contributed by atoms with Gasteiger partial charge in [0.05, 0.1) is 35.0 Å². The molecule has 0 fully saturated rings. The Bertz CT molecular complexity index is 1320. The summed E-state index contributed by atoms with van der Waals surface area (Å²) in [5.41, 5.74) is 3.15. The van der Waals surface area contributed by atoms with Crippen molar-refractivity contribution in [3.05, 3.63) is 99.0 Å². The number of aromatic nitrogens is 2. The summed E-state index contributed by atoms with van der Waals surface area (Å²) in [6.07, 6.45) is 1.16. The maximum atomic E-state index is 13.9. The highest BCUT2D eigenvalue weighted by Gasteiger charge is 2.37. The Labute approximate surface area is 222 Å². The Morgan fingerprint density at radius 3 is 2.58 bits per heavy atom. The van der Waals surface area contributed by atoms with Crippen LogP contribution in [0.2, 0.25) is 0 Å². The molecule has 0 bridgehead atoms. The summed E-state index contributed by atoms with van der Waals surface area (Å²) in [7, 11) is 1.56. The highest BCUT2D eigenvalue weighted by atomic mass is 16.6. The maximum absolute atomic E-state index is 13.9. The van der Waals surface area contributed by atoms with Gasteiger partial charge in [0.15, 0.2) is 6.10 Å². The van der Waals surface area contributed by atoms with Crippen LogP contribution >= 0.6 is 0 Å². The summed E-state index contributed by atoms with van der Waals surface area (Å²) >= 11 is 0. The molecule has 1 aromatic heterocycles. The number of hydrogen-bond donors (Lipinski definition) is 1. The Hall–Kier alpha value is -4.02. The first-order valence-electron chi connectivity index (χ1n) is 12.6. The fourth-order valence-corrected chi connectivity index (χ4v) is 4.74. The highest BCUT2D eigenvalue weighted by molar-refractivity contribution is 5.92. The molecule has 1 aliphatic heterocycles. The normalized spacial score (nSPS) is 15.7. The van der Waals surface area contributed by atoms with Crippen LogP contribution in [0.5, 0.6) is 0 Å². The zero-order valence-corrected chi connectivity index (χ0v) is 22.1. The molecule has 0 aliphatic carbocycles. The van der Waals surface area contributed by atoms with E-state index in [1.165, 1.54) is 12.1 Å². The fourth-order valence-electron chi connectivity index (χ4n) is 4.74. The number of carbonyl (C=O) groups excluding carboxylic acids is 1. The van der Waals surface area contributed by atoms with Gasteiger partial charge in [0.2, 0.25) is 5.95 Å². The molecule has 10 nitrogen and oxygen atoms in total. The van der Waals surface area contributed by atoms with Gasteiger partial charge >= 0.3 is 5.97 Å². The predicted molar refractivity (Wildman–Crippen MR) is 144 cm³/mol. The number of anilines is 1. The zero-order chi connectivity index (χ0) is 27.2. The predicted octanol–water partition coefficient (Wildman–Crippen LogP) is 4.85. The van der Waals surface area contributed by atoms with Crippen molar-refractivity contribution >= 4 is 17.6 Å². The van der Waals surface area contributed by atoms with E-state index in [-0.39, 0.29) is 12.3 Å². The minimum absolute atomic E-state index is 0.0556. The van der Waals surface area contributed by atoms with Gasteiger partial charge in [-0.1, -0.05) is 56.3 Å². The van der Waals surface area contributed by atoms with Crippen LogP contribution in [0.15, 0.2) is 72.1 Å². The van der Waals surface area contributed by atoms with Crippen LogP contribution < -0.4 is 5.32 Å². The first kappa shape index (κ1) is 27.0. The minimum Gasteiger partial charge on any atom is -0.452 e. The molecule has 2 heterocycles. The number of carbonyl (C=O) groups is 1. The van der Waals surface area contributed by atoms with Gasteiger partial charge in [-0.2, -0.15) is 0 Å². The van der Waals surface area contributed by atoms with Gasteiger partial charge in [-0.3, -0.25) is 15.0 Å². The van der Waals surface area contributed by atoms with Crippen molar-refractivity contribution in [2.75, 3.05) is 32.1 Å². The fraction of sp³-hybridized carbons (Fsp3) is 0.357. The molecule has 1 aliphatic rings. The van der Waals surface area contributed by atoms with Crippen molar-refractivity contribution in [3.8, 4) is 0 Å². The van der Waals surface area contributed by atoms with Crippen molar-refractivity contribution in [2.24, 2.45) is 0 Å². The van der Waals surface area contributed by atoms with Crippen LogP contribution in [0.4, 0.5) is 11.6 Å². The lowest BCUT2D eigenvalue weighted by molar-refractivity contribution is -0.384. The number of nitro groups is 1. The van der Waals surface area contributed by atoms with E-state index >= 15 is 0 Å². The zero-order valence-electron chi connectivity index (χ0n) is 22.1. The minimum atomic E-state index is -0.675. The Balaban J connectivity index is 1.81. The molecule has 2 atom stereocenters. The van der Waals surface area contributed by atoms with E-state index in [0.717, 1.165) is 24.3 Å². The average Bonchev–Trinajstić information content (AvgIpc) is 3.32. The van der Waals surface area contributed by atoms with E-state index in [1.807, 2.05) is 34.9 Å². The highest BCUT2D eigenvalue weighted by Crippen LogP contribution is 2.39. The Morgan fingerprint density at radius 1 is 1.18 bits per heavy atom. The van der Waals surface area contributed by atoms with Gasteiger partial charge in [-0.25, -0.2) is 9.78 Å². The summed E-state index contributed by atoms with van der Waals surface area (Å²) < 4.78 is 13.3. The molecule has 0 spiro atoms. The number of non-ortho nitro benzene ring substituents is 1. The van der Waals surface area contributed by atoms with Gasteiger partial charge in [-0.05, 0) is 31.1 Å². The van der Waals surface area contributed by atoms with Gasteiger partial charge < -0.3 is 19.4 Å². The number of methoxy groups -OCH3 is 1. The quantitative estimate of drug-likeness (QED) is 0.217. The molecular formula is C28H33N5O5. The number of ether oxygens (including phenoxy) is 2. The molecule has 38 heavy (non-hydrogen) atoms. The van der Waals surface area contributed by atoms with Crippen molar-refractivity contribution in [1.82, 2.24) is 14.5 Å². The molecule has 3 aromatic rings. The van der Waals surface area contributed by atoms with E-state index in [9.17, 15) is 14.9 Å². The van der Waals surface area contributed by atoms with Crippen LogP contribution in [0, 0.1) is 10.1 Å². The van der Waals surface area contributed by atoms with Crippen molar-refractivity contribution < 1.29 is 19.2 Å². The van der Waals surface area contributed by atoms with E-state index in [4.69, 9.17) is 9.47 Å². The van der Waals surface area contributed by atoms with Crippen LogP contribution in [-0.2, 0) is 20.8 Å². The number of esters is 1. The maximum Gasteiger partial charge on any atom is 0.338 e. The lowest BCUT2D eigenvalue weighted by Gasteiger charge is -2.32. The van der Waals surface area contributed by atoms with Crippen LogP contribution in [0.25, 0.3) is 0 Å². The third-order valence-electron chi connectivity index (χ3n) is 6.74. The summed E-state index contributed by atoms with van der Waals surface area (Å²) in [6, 6.07) is 15.1. The monoisotopic (exact) mass is 519 g/mol. The molecule has 10 heteroatoms. The van der Waals surface area contributed by atoms with Crippen molar-refractivity contribution in [3.63, 3.8) is 0 Å². The van der Waals surface area contributed by atoms with E-state index in [1.54, 1.807) is 32.4 Å². The number of fused-ring (bicyclic) bond motifs is 1. The Kier molecular flexibility index (Phi) is 8.55. The number of imidazole rings is 1. The molecule has 0 saturated heterocycles. The average molecular weight is 520 g/mol. The Morgan fingerprint density at radius 2 is 1.92 bits per heavy atom. The van der Waals surface area contributed by atoms with Crippen molar-refractivity contribution in [2.45, 2.75) is 39.5 Å². The lowest BCUT2D eigenvalue weighted by Crippen LogP contribution is -2.32. The number of rotatable bonds is 11. The lowest BCUT2D eigenvalue weighted by atomic mass is 9.94. The molecule has 2 aromatic carbocycles. The largest absolute Gasteiger partial charge is 0.452 e. The molecule has 1 N–H and O–H groups in total. The number of hydrogen-bond acceptors (Lipinski definition) is 8. The summed E-state index contributed by atoms with van der Waals surface area (Å²) in [5, 5.41) is 14.9. The second kappa shape index (κ2) is 12.0.